The van der Waals surface area contributed by atoms with Gasteiger partial charge in [0.15, 0.2) is 0 Å². The van der Waals surface area contributed by atoms with Gasteiger partial charge in [-0.1, -0.05) is 75.9 Å². The number of carbonyl (C=O) groups excluding carboxylic acids is 5. The van der Waals surface area contributed by atoms with Gasteiger partial charge >= 0.3 is 46.9 Å². The summed E-state index contributed by atoms with van der Waals surface area (Å²) in [5, 5.41) is 11.8. The van der Waals surface area contributed by atoms with Gasteiger partial charge < -0.3 is 31.6 Å². The fourth-order valence-electron chi connectivity index (χ4n) is 6.05. The summed E-state index contributed by atoms with van der Waals surface area (Å²) in [4.78, 5) is 67.6. The van der Waals surface area contributed by atoms with E-state index in [9.17, 15) is 29.1 Å². The summed E-state index contributed by atoms with van der Waals surface area (Å²) in [5.74, 6) is -1.44. The maximum atomic E-state index is 13.6. The summed E-state index contributed by atoms with van der Waals surface area (Å²) >= 11 is 13.3. The van der Waals surface area contributed by atoms with Crippen molar-refractivity contribution in [2.75, 3.05) is 33.8 Å². The van der Waals surface area contributed by atoms with Gasteiger partial charge in [0.1, 0.15) is 5.75 Å². The summed E-state index contributed by atoms with van der Waals surface area (Å²) in [6, 6.07) is 42.3. The van der Waals surface area contributed by atoms with Crippen LogP contribution in [0.1, 0.15) is 5.56 Å². The summed E-state index contributed by atoms with van der Waals surface area (Å²) in [6.07, 6.45) is 0. The SMILES string of the molecule is COc1[c-]cccc1.COc1ccccc1C1(O)C(=O)N(c2ccc(Br)cc2)C(=O)N1c1ccc(Br)cc1.O=C1C(=O)N(c2ccc(Br)cc2)C(=O)N1c1ccc(Br)cc1.[Br-].[Mg+2]. The Bertz CT molecular complexity index is 2470. The average molecular weight is 1170 g/mol. The number of benzene rings is 6. The molecule has 6 aromatic rings. The first kappa shape index (κ1) is 50.2. The van der Waals surface area contributed by atoms with Crippen LogP contribution in [0.25, 0.3) is 0 Å². The van der Waals surface area contributed by atoms with E-state index >= 15 is 0 Å². The van der Waals surface area contributed by atoms with Crippen molar-refractivity contribution in [2.45, 2.75) is 5.72 Å². The van der Waals surface area contributed by atoms with Crippen molar-refractivity contribution in [3.8, 4) is 11.5 Å². The second kappa shape index (κ2) is 22.3. The van der Waals surface area contributed by atoms with Gasteiger partial charge in [0, 0.05) is 29.3 Å². The molecule has 0 aromatic heterocycles. The first-order valence-electron chi connectivity index (χ1n) is 17.6. The Hall–Kier alpha value is -4.40. The minimum absolute atomic E-state index is 0. The molecule has 18 heteroatoms. The van der Waals surface area contributed by atoms with Crippen LogP contribution in [0.2, 0.25) is 0 Å². The number of nitrogens with zero attached hydrogens (tertiary/aromatic N) is 4. The molecule has 7 amide bonds. The normalized spacial score (nSPS) is 15.5. The Kier molecular flexibility index (Phi) is 18.1. The van der Waals surface area contributed by atoms with Crippen molar-refractivity contribution in [3.63, 3.8) is 0 Å². The van der Waals surface area contributed by atoms with Gasteiger partial charge in [-0.05, 0) is 109 Å². The molecule has 2 aliphatic rings. The van der Waals surface area contributed by atoms with Gasteiger partial charge in [-0.15, -0.1) is 12.1 Å². The van der Waals surface area contributed by atoms with Crippen LogP contribution in [0.4, 0.5) is 32.3 Å². The van der Waals surface area contributed by atoms with Crippen LogP contribution in [-0.2, 0) is 20.1 Å². The standard InChI is InChI=1S/C22H16Br2N2O4.C15H8Br2N2O3.C7H7O.BrH.Mg/c1-30-19-5-3-2-4-18(19)22(29)20(27)25(16-10-6-14(23)7-11-16)21(28)26(22)17-12-8-15(24)9-13-17;16-9-1-5-11(6-2-9)18-13(20)14(21)19(15(18)22)12-7-3-10(17)4-8-12;1-8-7-5-3-2-4-6-7;;/h2-13,29H,1H3;1-8H;2-5H,1H3;1H;/q;;-1;;+2/p-1. The number of halogens is 5. The zero-order valence-corrected chi connectivity index (χ0v) is 41.9. The Morgan fingerprint density at radius 1 is 0.516 bits per heavy atom. The number of hydrogen-bond acceptors (Lipinski definition) is 8. The predicted octanol–water partition coefficient (Wildman–Crippen LogP) is 6.87. The van der Waals surface area contributed by atoms with Crippen LogP contribution in [0.15, 0.2) is 163 Å². The number of carbonyl (C=O) groups is 5. The number of para-hydroxylation sites is 2. The first-order valence-corrected chi connectivity index (χ1v) is 20.8. The number of amides is 7. The molecule has 62 heavy (non-hydrogen) atoms. The largest absolute Gasteiger partial charge is 2.00 e. The Morgan fingerprint density at radius 2 is 0.919 bits per heavy atom. The maximum absolute atomic E-state index is 13.6. The Labute approximate surface area is 417 Å². The van der Waals surface area contributed by atoms with Crippen molar-refractivity contribution in [3.05, 3.63) is 175 Å². The van der Waals surface area contributed by atoms with E-state index in [4.69, 9.17) is 9.47 Å². The molecule has 2 heterocycles. The van der Waals surface area contributed by atoms with Crippen LogP contribution in [0.3, 0.4) is 0 Å². The van der Waals surface area contributed by atoms with E-state index in [1.165, 1.54) is 7.11 Å². The molecule has 1 atom stereocenters. The molecule has 0 radical (unpaired) electrons. The van der Waals surface area contributed by atoms with Crippen molar-refractivity contribution in [2.24, 2.45) is 0 Å². The fraction of sp³-hybridized carbons (Fsp3) is 0.0682. The first-order chi connectivity index (χ1) is 28.8. The smallest absolute Gasteiger partial charge is 1.00 e. The number of rotatable bonds is 7. The third-order valence-corrected chi connectivity index (χ3v) is 11.0. The Morgan fingerprint density at radius 3 is 1.31 bits per heavy atom. The van der Waals surface area contributed by atoms with E-state index in [0.717, 1.165) is 43.2 Å². The second-order valence-corrected chi connectivity index (χ2v) is 16.2. The molecule has 2 fully saturated rings. The molecule has 0 saturated carbocycles. The molecule has 12 nitrogen and oxygen atoms in total. The van der Waals surface area contributed by atoms with Crippen molar-refractivity contribution in [1.29, 1.82) is 0 Å². The maximum Gasteiger partial charge on any atom is 2.00 e. The van der Waals surface area contributed by atoms with Gasteiger partial charge in [0.2, 0.25) is 0 Å². The summed E-state index contributed by atoms with van der Waals surface area (Å²) in [6.45, 7) is 0. The van der Waals surface area contributed by atoms with Crippen LogP contribution in [0, 0.1) is 6.07 Å². The molecule has 2 aliphatic heterocycles. The fourth-order valence-corrected chi connectivity index (χ4v) is 7.11. The van der Waals surface area contributed by atoms with E-state index < -0.39 is 35.5 Å². The molecule has 1 unspecified atom stereocenters. The van der Waals surface area contributed by atoms with Gasteiger partial charge in [0.25, 0.3) is 11.6 Å². The molecule has 2 saturated heterocycles. The third-order valence-electron chi connectivity index (χ3n) is 8.90. The third kappa shape index (κ3) is 10.7. The van der Waals surface area contributed by atoms with E-state index in [-0.39, 0.29) is 45.6 Å². The summed E-state index contributed by atoms with van der Waals surface area (Å²) in [5.41, 5.74) is -0.693. The number of urea groups is 2. The molecule has 1 N–H and O–H groups in total. The van der Waals surface area contributed by atoms with Crippen molar-refractivity contribution >= 4 is 139 Å². The van der Waals surface area contributed by atoms with Crippen LogP contribution < -0.4 is 46.1 Å². The molecular formula is C44H31Br5MgN4O8. The number of ether oxygens (including phenoxy) is 2. The molecule has 8 rings (SSSR count). The molecular weight excluding hydrogens is 1140 g/mol. The van der Waals surface area contributed by atoms with Gasteiger partial charge in [0.05, 0.1) is 36.8 Å². The van der Waals surface area contributed by atoms with E-state index in [1.54, 1.807) is 128 Å². The van der Waals surface area contributed by atoms with E-state index in [0.29, 0.717) is 28.5 Å². The number of methoxy groups -OCH3 is 2. The van der Waals surface area contributed by atoms with Gasteiger partial charge in [-0.3, -0.25) is 19.3 Å². The number of imide groups is 3. The van der Waals surface area contributed by atoms with Crippen LogP contribution >= 0.6 is 63.7 Å². The van der Waals surface area contributed by atoms with Crippen molar-refractivity contribution < 1.29 is 55.5 Å². The second-order valence-electron chi connectivity index (χ2n) is 12.5. The zero-order chi connectivity index (χ0) is 43.1. The van der Waals surface area contributed by atoms with E-state index in [1.807, 2.05) is 24.3 Å². The van der Waals surface area contributed by atoms with E-state index in [2.05, 4.69) is 69.8 Å². The molecule has 0 bridgehead atoms. The molecule has 0 spiro atoms. The number of aliphatic hydroxyl groups is 1. The summed E-state index contributed by atoms with van der Waals surface area (Å²) in [7, 11) is 3.08. The summed E-state index contributed by atoms with van der Waals surface area (Å²) < 4.78 is 13.5. The zero-order valence-electron chi connectivity index (χ0n) is 32.5. The topological polar surface area (TPSA) is 137 Å². The minimum atomic E-state index is -2.29. The van der Waals surface area contributed by atoms with Crippen molar-refractivity contribution in [1.82, 2.24) is 0 Å². The monoisotopic (exact) mass is 1160 g/mol. The van der Waals surface area contributed by atoms with Gasteiger partial charge in [-0.2, -0.15) is 18.2 Å². The molecule has 312 valence electrons. The van der Waals surface area contributed by atoms with Gasteiger partial charge in [-0.25, -0.2) is 24.3 Å². The predicted molar refractivity (Wildman–Crippen MR) is 247 cm³/mol. The van der Waals surface area contributed by atoms with Crippen LogP contribution in [0.5, 0.6) is 11.5 Å². The molecule has 0 aliphatic carbocycles. The van der Waals surface area contributed by atoms with Crippen LogP contribution in [-0.4, -0.2) is 72.2 Å². The number of hydrogen-bond donors (Lipinski definition) is 1. The minimum Gasteiger partial charge on any atom is -1.00 e. The quantitative estimate of drug-likeness (QED) is 0.0793. The Balaban J connectivity index is 0.000000231. The molecule has 6 aromatic carbocycles. The average Bonchev–Trinajstić information content (AvgIpc) is 3.61. The number of anilines is 4.